The molecule has 90 valence electrons. The van der Waals surface area contributed by atoms with Gasteiger partial charge in [0.05, 0.1) is 16.9 Å². The van der Waals surface area contributed by atoms with Crippen molar-refractivity contribution in [2.45, 2.75) is 0 Å². The van der Waals surface area contributed by atoms with Gasteiger partial charge in [-0.05, 0) is 36.4 Å². The number of nitrogens with zero attached hydrogens (tertiary/aromatic N) is 1. The van der Waals surface area contributed by atoms with Crippen molar-refractivity contribution in [3.63, 3.8) is 0 Å². The minimum Gasteiger partial charge on any atom is -0.352 e. The number of hydrogen-bond donors (Lipinski definition) is 1. The lowest BCUT2D eigenvalue weighted by Crippen LogP contribution is -1.97. The van der Waals surface area contributed by atoms with Gasteiger partial charge >= 0.3 is 0 Å². The normalized spacial score (nSPS) is 9.89. The summed E-state index contributed by atoms with van der Waals surface area (Å²) in [6.07, 6.45) is 0. The molecule has 0 fully saturated rings. The molecule has 2 aromatic carbocycles. The number of benzene rings is 2. The largest absolute Gasteiger partial charge is 0.352 e. The summed E-state index contributed by atoms with van der Waals surface area (Å²) in [5.41, 5.74) is 0.692. The first-order chi connectivity index (χ1) is 8.60. The average molecular weight is 309 g/mol. The molecule has 2 aromatic rings. The van der Waals surface area contributed by atoms with Crippen molar-refractivity contribution < 1.29 is 8.78 Å². The van der Waals surface area contributed by atoms with Crippen molar-refractivity contribution in [2.24, 2.45) is 0 Å². The van der Waals surface area contributed by atoms with Crippen molar-refractivity contribution in [3.05, 3.63) is 58.1 Å². The molecule has 0 saturated carbocycles. The van der Waals surface area contributed by atoms with Crippen LogP contribution in [0.3, 0.4) is 0 Å². The molecule has 0 bridgehead atoms. The number of rotatable bonds is 2. The summed E-state index contributed by atoms with van der Waals surface area (Å²) in [5, 5.41) is 11.7. The van der Waals surface area contributed by atoms with E-state index in [9.17, 15) is 8.78 Å². The lowest BCUT2D eigenvalue weighted by Gasteiger charge is -2.09. The first-order valence-electron chi connectivity index (χ1n) is 5.02. The van der Waals surface area contributed by atoms with Gasteiger partial charge in [-0.2, -0.15) is 5.26 Å². The first-order valence-corrected chi connectivity index (χ1v) is 5.81. The number of nitriles is 1. The predicted octanol–water partition coefficient (Wildman–Crippen LogP) is 4.34. The minimum atomic E-state index is -0.508. The van der Waals surface area contributed by atoms with E-state index >= 15 is 0 Å². The molecule has 0 aliphatic carbocycles. The quantitative estimate of drug-likeness (QED) is 0.895. The molecule has 2 rings (SSSR count). The monoisotopic (exact) mass is 308 g/mol. The van der Waals surface area contributed by atoms with E-state index < -0.39 is 11.6 Å². The van der Waals surface area contributed by atoms with Crippen LogP contribution >= 0.6 is 15.9 Å². The summed E-state index contributed by atoms with van der Waals surface area (Å²) >= 11 is 3.23. The molecule has 0 atom stereocenters. The fraction of sp³-hybridized carbons (Fsp3) is 0. The Balaban J connectivity index is 2.40. The summed E-state index contributed by atoms with van der Waals surface area (Å²) in [7, 11) is 0. The van der Waals surface area contributed by atoms with Gasteiger partial charge in [0.1, 0.15) is 17.7 Å². The fourth-order valence-corrected chi connectivity index (χ4v) is 1.82. The second-order valence-corrected chi connectivity index (χ2v) is 4.47. The molecule has 5 heteroatoms. The van der Waals surface area contributed by atoms with Gasteiger partial charge in [-0.25, -0.2) is 8.78 Å². The first kappa shape index (κ1) is 12.5. The lowest BCUT2D eigenvalue weighted by molar-refractivity contribution is 0.627. The molecule has 0 amide bonds. The highest BCUT2D eigenvalue weighted by molar-refractivity contribution is 9.10. The molecule has 0 heterocycles. The van der Waals surface area contributed by atoms with Crippen molar-refractivity contribution in [3.8, 4) is 6.07 Å². The zero-order valence-electron chi connectivity index (χ0n) is 9.05. The van der Waals surface area contributed by atoms with E-state index in [2.05, 4.69) is 21.2 Å². The minimum absolute atomic E-state index is 0.120. The number of hydrogen-bond acceptors (Lipinski definition) is 2. The molecular weight excluding hydrogens is 302 g/mol. The molecule has 0 aromatic heterocycles. The van der Waals surface area contributed by atoms with Gasteiger partial charge in [0.15, 0.2) is 0 Å². The standard InChI is InChI=1S/C13H7BrF2N2/c14-9-1-3-11(16)13(6-9)18-12-4-2-10(15)5-8(12)7-17/h1-6,18H. The van der Waals surface area contributed by atoms with E-state index in [1.54, 1.807) is 12.1 Å². The maximum absolute atomic E-state index is 13.5. The van der Waals surface area contributed by atoms with Crippen molar-refractivity contribution in [1.82, 2.24) is 0 Å². The lowest BCUT2D eigenvalue weighted by atomic mass is 10.2. The van der Waals surface area contributed by atoms with E-state index in [-0.39, 0.29) is 11.3 Å². The predicted molar refractivity (Wildman–Crippen MR) is 68.5 cm³/mol. The summed E-state index contributed by atoms with van der Waals surface area (Å²) in [4.78, 5) is 0. The van der Waals surface area contributed by atoms with Crippen LogP contribution in [0.4, 0.5) is 20.2 Å². The zero-order chi connectivity index (χ0) is 13.1. The summed E-state index contributed by atoms with van der Waals surface area (Å²) < 4.78 is 27.2. The van der Waals surface area contributed by atoms with Crippen LogP contribution in [0, 0.1) is 23.0 Å². The van der Waals surface area contributed by atoms with Gasteiger partial charge in [-0.15, -0.1) is 0 Å². The molecule has 1 N–H and O–H groups in total. The van der Waals surface area contributed by atoms with Crippen LogP contribution in [0.15, 0.2) is 40.9 Å². The van der Waals surface area contributed by atoms with Gasteiger partial charge in [-0.3, -0.25) is 0 Å². The molecule has 0 radical (unpaired) electrons. The van der Waals surface area contributed by atoms with Crippen LogP contribution in [0.25, 0.3) is 0 Å². The number of nitrogens with one attached hydrogen (secondary N) is 1. The molecular formula is C13H7BrF2N2. The Morgan fingerprint density at radius 1 is 1.06 bits per heavy atom. The molecule has 0 unspecified atom stereocenters. The van der Waals surface area contributed by atoms with E-state index in [1.807, 2.05) is 6.07 Å². The third-order valence-electron chi connectivity index (χ3n) is 2.30. The van der Waals surface area contributed by atoms with Gasteiger partial charge in [0.25, 0.3) is 0 Å². The Labute approximate surface area is 111 Å². The SMILES string of the molecule is N#Cc1cc(F)ccc1Nc1cc(Br)ccc1F. The Kier molecular flexibility index (Phi) is 3.58. The average Bonchev–Trinajstić information content (AvgIpc) is 2.36. The van der Waals surface area contributed by atoms with Crippen LogP contribution in [0.5, 0.6) is 0 Å². The van der Waals surface area contributed by atoms with Gasteiger partial charge in [0, 0.05) is 4.47 Å². The number of halogens is 3. The van der Waals surface area contributed by atoms with E-state index in [0.29, 0.717) is 10.2 Å². The van der Waals surface area contributed by atoms with Crippen molar-refractivity contribution in [1.29, 1.82) is 5.26 Å². The Bertz CT molecular complexity index is 635. The van der Waals surface area contributed by atoms with E-state index in [1.165, 1.54) is 18.2 Å². The fourth-order valence-electron chi connectivity index (χ4n) is 1.46. The van der Waals surface area contributed by atoms with Crippen LogP contribution in [0.1, 0.15) is 5.56 Å². The number of anilines is 2. The van der Waals surface area contributed by atoms with Crippen LogP contribution in [-0.2, 0) is 0 Å². The van der Waals surface area contributed by atoms with Crippen LogP contribution < -0.4 is 5.32 Å². The Morgan fingerprint density at radius 3 is 2.56 bits per heavy atom. The second-order valence-electron chi connectivity index (χ2n) is 3.55. The van der Waals surface area contributed by atoms with Crippen LogP contribution in [-0.4, -0.2) is 0 Å². The smallest absolute Gasteiger partial charge is 0.146 e. The molecule has 18 heavy (non-hydrogen) atoms. The Morgan fingerprint density at radius 2 is 1.83 bits per heavy atom. The summed E-state index contributed by atoms with van der Waals surface area (Å²) in [6.45, 7) is 0. The van der Waals surface area contributed by atoms with Gasteiger partial charge in [-0.1, -0.05) is 15.9 Å². The maximum atomic E-state index is 13.5. The van der Waals surface area contributed by atoms with Gasteiger partial charge < -0.3 is 5.32 Å². The molecule has 0 spiro atoms. The summed E-state index contributed by atoms with van der Waals surface area (Å²) in [6, 6.07) is 9.95. The highest BCUT2D eigenvalue weighted by Crippen LogP contribution is 2.26. The molecule has 0 aliphatic rings. The highest BCUT2D eigenvalue weighted by Gasteiger charge is 2.07. The highest BCUT2D eigenvalue weighted by atomic mass is 79.9. The van der Waals surface area contributed by atoms with Crippen molar-refractivity contribution >= 4 is 27.3 Å². The van der Waals surface area contributed by atoms with Crippen molar-refractivity contribution in [2.75, 3.05) is 5.32 Å². The molecule has 0 aliphatic heterocycles. The van der Waals surface area contributed by atoms with Crippen LogP contribution in [0.2, 0.25) is 0 Å². The second kappa shape index (κ2) is 5.15. The maximum Gasteiger partial charge on any atom is 0.146 e. The summed E-state index contributed by atoms with van der Waals surface area (Å²) in [5.74, 6) is -0.960. The van der Waals surface area contributed by atoms with E-state index in [4.69, 9.17) is 5.26 Å². The topological polar surface area (TPSA) is 35.8 Å². The molecule has 0 saturated heterocycles. The van der Waals surface area contributed by atoms with E-state index in [0.717, 1.165) is 6.07 Å². The third kappa shape index (κ3) is 2.66. The zero-order valence-corrected chi connectivity index (χ0v) is 10.6. The Hall–Kier alpha value is -1.93. The molecule has 2 nitrogen and oxygen atoms in total. The third-order valence-corrected chi connectivity index (χ3v) is 2.79. The van der Waals surface area contributed by atoms with Gasteiger partial charge in [0.2, 0.25) is 0 Å².